The molecule has 122 valence electrons. The molecule has 23 heavy (non-hydrogen) atoms. The van der Waals surface area contributed by atoms with Gasteiger partial charge in [0.1, 0.15) is 5.69 Å². The van der Waals surface area contributed by atoms with E-state index in [1.165, 1.54) is 6.92 Å². The highest BCUT2D eigenvalue weighted by molar-refractivity contribution is 6.28. The third-order valence-electron chi connectivity index (χ3n) is 2.14. The third-order valence-corrected chi connectivity index (χ3v) is 2.33. The van der Waals surface area contributed by atoms with Crippen LogP contribution in [-0.2, 0) is 4.79 Å². The molecule has 1 aromatic carbocycles. The average Bonchev–Trinajstić information content (AvgIpc) is 2.57. The van der Waals surface area contributed by atoms with Crippen molar-refractivity contribution in [1.82, 2.24) is 9.97 Å². The van der Waals surface area contributed by atoms with Crippen molar-refractivity contribution < 1.29 is 4.79 Å². The number of halogens is 1. The van der Waals surface area contributed by atoms with Crippen LogP contribution in [0.4, 0.5) is 5.69 Å². The zero-order valence-electron chi connectivity index (χ0n) is 14.1. The van der Waals surface area contributed by atoms with Crippen molar-refractivity contribution in [2.24, 2.45) is 0 Å². The van der Waals surface area contributed by atoms with Crippen LogP contribution in [0.3, 0.4) is 0 Å². The largest absolute Gasteiger partial charge is 0.326 e. The van der Waals surface area contributed by atoms with Gasteiger partial charge in [-0.25, -0.2) is 9.97 Å². The van der Waals surface area contributed by atoms with Gasteiger partial charge in [-0.05, 0) is 41.8 Å². The summed E-state index contributed by atoms with van der Waals surface area (Å²) in [4.78, 5) is 18.7. The molecule has 2 rings (SSSR count). The standard InChI is InChI=1S/C14H10ClN3O.2C2H6/c1-10(19)17-13-4-2-3-11(9-13)5-6-12-7-8-16-14(15)18-12;2*1-2/h2-4,7-9H,1H3,(H,17,19);2*1-2H3. The molecule has 0 radical (unpaired) electrons. The molecule has 0 aliphatic heterocycles. The van der Waals surface area contributed by atoms with Crippen molar-refractivity contribution in [3.05, 3.63) is 53.1 Å². The molecular weight excluding hydrogens is 310 g/mol. The Hall–Kier alpha value is -2.38. The Labute approximate surface area is 143 Å². The Kier molecular flexibility index (Phi) is 10.9. The van der Waals surface area contributed by atoms with Crippen LogP contribution in [0, 0.1) is 11.8 Å². The number of rotatable bonds is 1. The maximum absolute atomic E-state index is 11.0. The number of carbonyl (C=O) groups excluding carboxylic acids is 1. The minimum atomic E-state index is -0.118. The summed E-state index contributed by atoms with van der Waals surface area (Å²) >= 11 is 5.67. The first-order valence-electron chi connectivity index (χ1n) is 7.52. The molecule has 4 nitrogen and oxygen atoms in total. The first-order chi connectivity index (χ1) is 11.1. The van der Waals surface area contributed by atoms with E-state index in [9.17, 15) is 4.79 Å². The Morgan fingerprint density at radius 1 is 1.13 bits per heavy atom. The highest BCUT2D eigenvalue weighted by atomic mass is 35.5. The van der Waals surface area contributed by atoms with Gasteiger partial charge in [-0.2, -0.15) is 0 Å². The van der Waals surface area contributed by atoms with Gasteiger partial charge in [-0.1, -0.05) is 39.7 Å². The fraction of sp³-hybridized carbons (Fsp3) is 0.278. The lowest BCUT2D eigenvalue weighted by Crippen LogP contribution is -2.05. The Morgan fingerprint density at radius 2 is 1.83 bits per heavy atom. The Morgan fingerprint density at radius 3 is 2.43 bits per heavy atom. The van der Waals surface area contributed by atoms with Gasteiger partial charge in [0.15, 0.2) is 0 Å². The molecule has 0 bridgehead atoms. The summed E-state index contributed by atoms with van der Waals surface area (Å²) in [5, 5.41) is 2.86. The quantitative estimate of drug-likeness (QED) is 0.616. The highest BCUT2D eigenvalue weighted by Gasteiger charge is 1.96. The third kappa shape index (κ3) is 8.60. The van der Waals surface area contributed by atoms with E-state index < -0.39 is 0 Å². The topological polar surface area (TPSA) is 54.9 Å². The summed E-state index contributed by atoms with van der Waals surface area (Å²) in [6.07, 6.45) is 1.55. The summed E-state index contributed by atoms with van der Waals surface area (Å²) in [5.74, 6) is 5.72. The second kappa shape index (κ2) is 12.2. The fourth-order valence-corrected chi connectivity index (χ4v) is 1.57. The van der Waals surface area contributed by atoms with Crippen molar-refractivity contribution in [1.29, 1.82) is 0 Å². The molecule has 5 heteroatoms. The smallest absolute Gasteiger partial charge is 0.223 e. The van der Waals surface area contributed by atoms with E-state index in [1.54, 1.807) is 24.4 Å². The number of hydrogen-bond donors (Lipinski definition) is 1. The van der Waals surface area contributed by atoms with Gasteiger partial charge >= 0.3 is 0 Å². The minimum absolute atomic E-state index is 0.118. The first kappa shape index (κ1) is 20.6. The number of hydrogen-bond acceptors (Lipinski definition) is 3. The Balaban J connectivity index is 0.00000112. The zero-order valence-corrected chi connectivity index (χ0v) is 14.9. The number of nitrogens with zero attached hydrogens (tertiary/aromatic N) is 2. The number of amides is 1. The van der Waals surface area contributed by atoms with Crippen LogP contribution in [0.15, 0.2) is 36.5 Å². The van der Waals surface area contributed by atoms with E-state index >= 15 is 0 Å². The van der Waals surface area contributed by atoms with Crippen LogP contribution in [0.5, 0.6) is 0 Å². The van der Waals surface area contributed by atoms with Gasteiger partial charge in [-0.15, -0.1) is 0 Å². The summed E-state index contributed by atoms with van der Waals surface area (Å²) < 4.78 is 0. The molecule has 0 aliphatic carbocycles. The lowest BCUT2D eigenvalue weighted by molar-refractivity contribution is -0.114. The van der Waals surface area contributed by atoms with Crippen LogP contribution in [0.1, 0.15) is 45.9 Å². The van der Waals surface area contributed by atoms with E-state index in [0.717, 1.165) is 5.56 Å². The molecule has 0 saturated carbocycles. The van der Waals surface area contributed by atoms with Crippen molar-refractivity contribution in [2.75, 3.05) is 5.32 Å². The fourth-order valence-electron chi connectivity index (χ4n) is 1.42. The van der Waals surface area contributed by atoms with Crippen LogP contribution >= 0.6 is 11.6 Å². The molecular formula is C18H22ClN3O. The summed E-state index contributed by atoms with van der Waals surface area (Å²) in [6.45, 7) is 9.46. The van der Waals surface area contributed by atoms with Gasteiger partial charge < -0.3 is 5.32 Å². The second-order valence-electron chi connectivity index (χ2n) is 3.72. The molecule has 1 aromatic heterocycles. The van der Waals surface area contributed by atoms with E-state index in [-0.39, 0.29) is 11.2 Å². The van der Waals surface area contributed by atoms with Gasteiger partial charge in [0.05, 0.1) is 0 Å². The number of carbonyl (C=O) groups is 1. The maximum atomic E-state index is 11.0. The van der Waals surface area contributed by atoms with Crippen LogP contribution in [0.2, 0.25) is 5.28 Å². The lowest BCUT2D eigenvalue weighted by Gasteiger charge is -2.01. The molecule has 1 heterocycles. The van der Waals surface area contributed by atoms with Gasteiger partial charge in [-0.3, -0.25) is 4.79 Å². The molecule has 0 fully saturated rings. The SMILES string of the molecule is CC.CC.CC(=O)Nc1cccc(C#Cc2ccnc(Cl)n2)c1. The van der Waals surface area contributed by atoms with Crippen LogP contribution in [0.25, 0.3) is 0 Å². The molecule has 1 N–H and O–H groups in total. The molecule has 1 amide bonds. The molecule has 0 saturated heterocycles. The molecule has 0 aliphatic rings. The molecule has 0 spiro atoms. The monoisotopic (exact) mass is 331 g/mol. The minimum Gasteiger partial charge on any atom is -0.326 e. The van der Waals surface area contributed by atoms with Gasteiger partial charge in [0.25, 0.3) is 0 Å². The number of benzene rings is 1. The summed E-state index contributed by atoms with van der Waals surface area (Å²) in [6, 6.07) is 8.94. The van der Waals surface area contributed by atoms with E-state index in [0.29, 0.717) is 11.4 Å². The predicted octanol–water partition coefficient (Wildman–Crippen LogP) is 4.54. The van der Waals surface area contributed by atoms with Gasteiger partial charge in [0, 0.05) is 24.4 Å². The van der Waals surface area contributed by atoms with Crippen LogP contribution in [-0.4, -0.2) is 15.9 Å². The lowest BCUT2D eigenvalue weighted by atomic mass is 10.2. The maximum Gasteiger partial charge on any atom is 0.223 e. The van der Waals surface area contributed by atoms with Crippen molar-refractivity contribution >= 4 is 23.2 Å². The molecule has 0 atom stereocenters. The molecule has 2 aromatic rings. The summed E-state index contributed by atoms with van der Waals surface area (Å²) in [5.41, 5.74) is 2.03. The van der Waals surface area contributed by atoms with Crippen molar-refractivity contribution in [2.45, 2.75) is 34.6 Å². The average molecular weight is 332 g/mol. The number of nitrogens with one attached hydrogen (secondary N) is 1. The van der Waals surface area contributed by atoms with Crippen molar-refractivity contribution in [3.8, 4) is 11.8 Å². The zero-order chi connectivity index (χ0) is 17.7. The first-order valence-corrected chi connectivity index (χ1v) is 7.89. The Bertz CT molecular complexity index is 675. The predicted molar refractivity (Wildman–Crippen MR) is 96.5 cm³/mol. The van der Waals surface area contributed by atoms with Crippen molar-refractivity contribution in [3.63, 3.8) is 0 Å². The number of aromatic nitrogens is 2. The number of anilines is 1. The second-order valence-corrected chi connectivity index (χ2v) is 4.06. The normalized spacial score (nSPS) is 8.26. The molecule has 0 unspecified atom stereocenters. The van der Waals surface area contributed by atoms with E-state index in [4.69, 9.17) is 11.6 Å². The van der Waals surface area contributed by atoms with Gasteiger partial charge in [0.2, 0.25) is 11.2 Å². The highest BCUT2D eigenvalue weighted by Crippen LogP contribution is 2.09. The summed E-state index contributed by atoms with van der Waals surface area (Å²) in [7, 11) is 0. The van der Waals surface area contributed by atoms with Crippen LogP contribution < -0.4 is 5.32 Å². The van der Waals surface area contributed by atoms with E-state index in [2.05, 4.69) is 27.1 Å². The van der Waals surface area contributed by atoms with E-state index in [1.807, 2.05) is 39.8 Å².